The molecule has 2 saturated heterocycles. The SMILES string of the molecule is CC(=O)O[Si](CCCOCC1CO1)(OC(C)=O)OC(C)=O.CO[Si](CCCCOCC1CO1)(OC)OC. The molecular formula is C22H42O13Si2. The van der Waals surface area contributed by atoms with Crippen LogP contribution in [0.25, 0.3) is 0 Å². The van der Waals surface area contributed by atoms with Crippen molar-refractivity contribution in [1.82, 2.24) is 0 Å². The second kappa shape index (κ2) is 18.0. The van der Waals surface area contributed by atoms with Gasteiger partial charge in [0.15, 0.2) is 0 Å². The maximum absolute atomic E-state index is 11.2. The summed E-state index contributed by atoms with van der Waals surface area (Å²) < 4.78 is 51.9. The molecule has 2 atom stereocenters. The molecule has 15 heteroatoms. The third kappa shape index (κ3) is 16.2. The highest BCUT2D eigenvalue weighted by atomic mass is 28.4. The van der Waals surface area contributed by atoms with E-state index in [4.69, 9.17) is 45.5 Å². The Morgan fingerprint density at radius 1 is 0.649 bits per heavy atom. The molecule has 216 valence electrons. The van der Waals surface area contributed by atoms with Crippen molar-refractivity contribution < 1.29 is 59.9 Å². The van der Waals surface area contributed by atoms with Crippen LogP contribution in [0.3, 0.4) is 0 Å². The Morgan fingerprint density at radius 2 is 1.03 bits per heavy atom. The summed E-state index contributed by atoms with van der Waals surface area (Å²) >= 11 is 0. The van der Waals surface area contributed by atoms with Gasteiger partial charge in [0.25, 0.3) is 17.9 Å². The van der Waals surface area contributed by atoms with Gasteiger partial charge in [-0.3, -0.25) is 14.4 Å². The van der Waals surface area contributed by atoms with Gasteiger partial charge in [-0.2, -0.15) is 0 Å². The number of hydrogen-bond donors (Lipinski definition) is 0. The third-order valence-corrected chi connectivity index (χ3v) is 10.6. The molecule has 0 aromatic carbocycles. The number of unbranched alkanes of at least 4 members (excludes halogenated alkanes) is 1. The number of carbonyl (C=O) groups is 3. The van der Waals surface area contributed by atoms with Crippen LogP contribution >= 0.6 is 0 Å². The van der Waals surface area contributed by atoms with Crippen molar-refractivity contribution in [2.75, 3.05) is 61.0 Å². The van der Waals surface area contributed by atoms with Crippen LogP contribution in [0.4, 0.5) is 0 Å². The lowest BCUT2D eigenvalue weighted by Crippen LogP contribution is -2.49. The van der Waals surface area contributed by atoms with E-state index in [2.05, 4.69) is 0 Å². The van der Waals surface area contributed by atoms with Gasteiger partial charge >= 0.3 is 17.6 Å². The van der Waals surface area contributed by atoms with Crippen LogP contribution in [0.2, 0.25) is 12.1 Å². The summed E-state index contributed by atoms with van der Waals surface area (Å²) in [6.07, 6.45) is 2.92. The first-order valence-corrected chi connectivity index (χ1v) is 16.1. The maximum Gasteiger partial charge on any atom is 0.705 e. The molecule has 13 nitrogen and oxygen atoms in total. The van der Waals surface area contributed by atoms with Crippen LogP contribution in [0.15, 0.2) is 0 Å². The summed E-state index contributed by atoms with van der Waals surface area (Å²) in [5, 5.41) is 0. The van der Waals surface area contributed by atoms with Gasteiger partial charge in [0.05, 0.1) is 32.5 Å². The summed E-state index contributed by atoms with van der Waals surface area (Å²) in [4.78, 5) is 33.6. The minimum absolute atomic E-state index is 0.122. The Morgan fingerprint density at radius 3 is 1.38 bits per heavy atom. The van der Waals surface area contributed by atoms with Crippen molar-refractivity contribution in [3.8, 4) is 0 Å². The van der Waals surface area contributed by atoms with Gasteiger partial charge in [0.2, 0.25) is 0 Å². The average Bonchev–Trinajstić information content (AvgIpc) is 3.73. The molecule has 0 spiro atoms. The minimum atomic E-state index is -3.71. The molecule has 0 radical (unpaired) electrons. The lowest BCUT2D eigenvalue weighted by molar-refractivity contribution is -0.147. The smallest absolute Gasteiger partial charge is 0.455 e. The van der Waals surface area contributed by atoms with Crippen LogP contribution in [-0.2, 0) is 59.9 Å². The number of hydrogen-bond acceptors (Lipinski definition) is 13. The van der Waals surface area contributed by atoms with Crippen LogP contribution in [0.1, 0.15) is 40.0 Å². The first-order valence-electron chi connectivity index (χ1n) is 12.2. The fourth-order valence-corrected chi connectivity index (χ4v) is 7.24. The molecule has 37 heavy (non-hydrogen) atoms. The Balaban J connectivity index is 0.000000384. The third-order valence-electron chi connectivity index (χ3n) is 5.04. The quantitative estimate of drug-likeness (QED) is 0.125. The summed E-state index contributed by atoms with van der Waals surface area (Å²) in [5.74, 6) is -2.01. The number of carbonyl (C=O) groups excluding carboxylic acids is 3. The normalized spacial score (nSPS) is 18.3. The summed E-state index contributed by atoms with van der Waals surface area (Å²) in [6, 6.07) is 0.955. The molecule has 0 aromatic rings. The fourth-order valence-electron chi connectivity index (χ4n) is 3.12. The lowest BCUT2D eigenvalue weighted by atomic mass is 10.3. The molecule has 0 saturated carbocycles. The minimum Gasteiger partial charge on any atom is -0.455 e. The Kier molecular flexibility index (Phi) is 16.3. The standard InChI is InChI=1S/C12H20O8Si.C10H22O5Si/c1-9(13)18-21(19-10(2)14,20-11(3)15)6-4-5-16-7-12-8-17-12;1-11-16(12-2,13-3)7-5-4-6-14-8-10-9-15-10/h12H,4-8H2,1-3H3;10H,4-9H2,1-3H3. The monoisotopic (exact) mass is 570 g/mol. The molecule has 2 aliphatic heterocycles. The Bertz CT molecular complexity index is 632. The van der Waals surface area contributed by atoms with Gasteiger partial charge in [-0.05, 0) is 19.3 Å². The summed E-state index contributed by atoms with van der Waals surface area (Å²) in [5.41, 5.74) is 0. The lowest BCUT2D eigenvalue weighted by Gasteiger charge is -2.26. The van der Waals surface area contributed by atoms with Crippen LogP contribution in [0.5, 0.6) is 0 Å². The molecule has 2 fully saturated rings. The molecular weight excluding hydrogens is 528 g/mol. The predicted octanol–water partition coefficient (Wildman–Crippen LogP) is 1.48. The first-order chi connectivity index (χ1) is 17.6. The predicted molar refractivity (Wildman–Crippen MR) is 132 cm³/mol. The van der Waals surface area contributed by atoms with Crippen molar-refractivity contribution in [3.05, 3.63) is 0 Å². The highest BCUT2D eigenvalue weighted by Crippen LogP contribution is 2.20. The van der Waals surface area contributed by atoms with E-state index in [1.54, 1.807) is 21.3 Å². The zero-order valence-electron chi connectivity index (χ0n) is 22.7. The van der Waals surface area contributed by atoms with Crippen molar-refractivity contribution in [1.29, 1.82) is 0 Å². The molecule has 2 unspecified atom stereocenters. The Hall–Kier alpha value is -1.44. The van der Waals surface area contributed by atoms with Crippen molar-refractivity contribution in [2.45, 2.75) is 64.3 Å². The molecule has 2 heterocycles. The van der Waals surface area contributed by atoms with E-state index in [1.807, 2.05) is 0 Å². The van der Waals surface area contributed by atoms with Crippen LogP contribution in [0, 0.1) is 0 Å². The van der Waals surface area contributed by atoms with E-state index in [1.165, 1.54) is 0 Å². The molecule has 2 rings (SSSR count). The number of ether oxygens (including phenoxy) is 4. The van der Waals surface area contributed by atoms with E-state index >= 15 is 0 Å². The summed E-state index contributed by atoms with van der Waals surface area (Å²) in [7, 11) is -1.16. The van der Waals surface area contributed by atoms with Gasteiger partial charge < -0.3 is 45.5 Å². The van der Waals surface area contributed by atoms with E-state index in [-0.39, 0.29) is 12.1 Å². The molecule has 0 amide bonds. The van der Waals surface area contributed by atoms with Gasteiger partial charge in [0, 0.05) is 61.4 Å². The average molecular weight is 571 g/mol. The van der Waals surface area contributed by atoms with Crippen molar-refractivity contribution >= 4 is 35.5 Å². The highest BCUT2D eigenvalue weighted by Gasteiger charge is 2.51. The van der Waals surface area contributed by atoms with Crippen molar-refractivity contribution in [3.63, 3.8) is 0 Å². The van der Waals surface area contributed by atoms with E-state index in [0.29, 0.717) is 32.3 Å². The second-order valence-electron chi connectivity index (χ2n) is 8.38. The van der Waals surface area contributed by atoms with Gasteiger partial charge in [-0.1, -0.05) is 0 Å². The number of epoxide rings is 2. The summed E-state index contributed by atoms with van der Waals surface area (Å²) in [6.45, 7) is 7.38. The molecule has 0 aliphatic carbocycles. The van der Waals surface area contributed by atoms with Crippen LogP contribution < -0.4 is 0 Å². The van der Waals surface area contributed by atoms with E-state index in [0.717, 1.165) is 59.5 Å². The number of rotatable bonds is 19. The topological polar surface area (TPSA) is 150 Å². The largest absolute Gasteiger partial charge is 0.705 e. The van der Waals surface area contributed by atoms with Gasteiger partial charge in [-0.15, -0.1) is 0 Å². The highest BCUT2D eigenvalue weighted by molar-refractivity contribution is 6.65. The molecule has 2 aliphatic rings. The zero-order chi connectivity index (χ0) is 27.7. The van der Waals surface area contributed by atoms with E-state index in [9.17, 15) is 14.4 Å². The first kappa shape index (κ1) is 33.6. The molecule has 0 aromatic heterocycles. The molecule has 0 N–H and O–H groups in total. The van der Waals surface area contributed by atoms with Gasteiger partial charge in [-0.25, -0.2) is 0 Å². The zero-order valence-corrected chi connectivity index (χ0v) is 24.7. The molecule has 0 bridgehead atoms. The van der Waals surface area contributed by atoms with Crippen LogP contribution in [-0.4, -0.2) is 109 Å². The van der Waals surface area contributed by atoms with E-state index < -0.39 is 35.5 Å². The van der Waals surface area contributed by atoms with Gasteiger partial charge in [0.1, 0.15) is 12.2 Å². The van der Waals surface area contributed by atoms with Crippen molar-refractivity contribution in [2.24, 2.45) is 0 Å². The fraction of sp³-hybridized carbons (Fsp3) is 0.864. The second-order valence-corrected chi connectivity index (χ2v) is 13.9. The maximum atomic E-state index is 11.2. The Labute approximate surface area is 221 Å².